The van der Waals surface area contributed by atoms with Crippen molar-refractivity contribution in [1.29, 1.82) is 0 Å². The highest BCUT2D eigenvalue weighted by atomic mass is 35.5. The van der Waals surface area contributed by atoms with Crippen molar-refractivity contribution in [2.75, 3.05) is 6.54 Å². The Hall–Kier alpha value is -1.58. The van der Waals surface area contributed by atoms with Crippen molar-refractivity contribution < 1.29 is 9.13 Å². The van der Waals surface area contributed by atoms with E-state index in [1.165, 1.54) is 6.07 Å². The van der Waals surface area contributed by atoms with E-state index in [1.54, 1.807) is 12.1 Å². The van der Waals surface area contributed by atoms with Gasteiger partial charge in [0.1, 0.15) is 17.7 Å². The van der Waals surface area contributed by atoms with Gasteiger partial charge in [0.05, 0.1) is 0 Å². The van der Waals surface area contributed by atoms with E-state index in [0.717, 1.165) is 28.3 Å². The molecule has 21 heavy (non-hydrogen) atoms. The van der Waals surface area contributed by atoms with Gasteiger partial charge in [-0.1, -0.05) is 29.8 Å². The molecule has 1 aliphatic rings. The molecule has 0 bridgehead atoms. The van der Waals surface area contributed by atoms with E-state index in [1.807, 2.05) is 24.3 Å². The summed E-state index contributed by atoms with van der Waals surface area (Å²) in [5.74, 6) is 0.573. The van der Waals surface area contributed by atoms with Gasteiger partial charge in [0.15, 0.2) is 0 Å². The molecule has 1 N–H and O–H groups in total. The van der Waals surface area contributed by atoms with Gasteiger partial charge in [0.2, 0.25) is 0 Å². The van der Waals surface area contributed by atoms with Gasteiger partial charge in [-0.2, -0.15) is 0 Å². The average Bonchev–Trinajstić information content (AvgIpc) is 2.87. The first-order valence-corrected chi connectivity index (χ1v) is 7.44. The predicted octanol–water partition coefficient (Wildman–Crippen LogP) is 4.13. The van der Waals surface area contributed by atoms with E-state index >= 15 is 0 Å². The Morgan fingerprint density at radius 2 is 2.14 bits per heavy atom. The number of hydrogen-bond acceptors (Lipinski definition) is 2. The number of hydrogen-bond donors (Lipinski definition) is 1. The normalized spacial score (nSPS) is 18.1. The van der Waals surface area contributed by atoms with Crippen LogP contribution in [0.1, 0.15) is 24.1 Å². The molecule has 0 amide bonds. The Balaban J connectivity index is 1.59. The highest BCUT2D eigenvalue weighted by Gasteiger charge is 2.23. The van der Waals surface area contributed by atoms with Crippen molar-refractivity contribution in [2.24, 2.45) is 0 Å². The van der Waals surface area contributed by atoms with Crippen LogP contribution in [0.15, 0.2) is 42.5 Å². The highest BCUT2D eigenvalue weighted by Crippen LogP contribution is 2.29. The molecule has 0 aliphatic carbocycles. The molecule has 1 heterocycles. The van der Waals surface area contributed by atoms with Gasteiger partial charge in [-0.05, 0) is 36.8 Å². The lowest BCUT2D eigenvalue weighted by Crippen LogP contribution is -2.32. The molecule has 0 aromatic heterocycles. The first-order valence-electron chi connectivity index (χ1n) is 7.06. The van der Waals surface area contributed by atoms with Gasteiger partial charge in [0, 0.05) is 29.6 Å². The minimum Gasteiger partial charge on any atom is -0.488 e. The molecule has 2 atom stereocenters. The van der Waals surface area contributed by atoms with Crippen molar-refractivity contribution in [3.8, 4) is 5.75 Å². The zero-order valence-corrected chi connectivity index (χ0v) is 12.5. The largest absolute Gasteiger partial charge is 0.488 e. The van der Waals surface area contributed by atoms with Crippen molar-refractivity contribution >= 4 is 11.6 Å². The zero-order valence-electron chi connectivity index (χ0n) is 11.8. The van der Waals surface area contributed by atoms with Crippen LogP contribution in [0.4, 0.5) is 4.39 Å². The minimum atomic E-state index is -0.213. The van der Waals surface area contributed by atoms with Crippen LogP contribution in [0.5, 0.6) is 5.75 Å². The zero-order chi connectivity index (χ0) is 14.8. The molecule has 0 fully saturated rings. The van der Waals surface area contributed by atoms with E-state index in [2.05, 4.69) is 12.2 Å². The maximum atomic E-state index is 13.2. The third kappa shape index (κ3) is 3.20. The lowest BCUT2D eigenvalue weighted by atomic mass is 10.1. The van der Waals surface area contributed by atoms with Gasteiger partial charge in [-0.3, -0.25) is 0 Å². The van der Waals surface area contributed by atoms with Crippen LogP contribution in [0, 0.1) is 5.82 Å². The molecular formula is C17H17ClFNO. The molecular weight excluding hydrogens is 289 g/mol. The Kier molecular flexibility index (Phi) is 4.13. The molecule has 4 heteroatoms. The summed E-state index contributed by atoms with van der Waals surface area (Å²) in [5.41, 5.74) is 2.01. The third-order valence-corrected chi connectivity index (χ3v) is 4.13. The fraction of sp³-hybridized carbons (Fsp3) is 0.294. The topological polar surface area (TPSA) is 21.3 Å². The molecule has 2 aromatic carbocycles. The standard InChI is InChI=1S/C17H17ClFNO/c1-11(15-4-2-3-5-16(15)18)20-10-14-9-12-8-13(19)6-7-17(12)21-14/h2-8,11,14,20H,9-10H2,1H3/t11-,14?/m0/s1. The quantitative estimate of drug-likeness (QED) is 0.917. The van der Waals surface area contributed by atoms with Crippen LogP contribution < -0.4 is 10.1 Å². The summed E-state index contributed by atoms with van der Waals surface area (Å²) in [6, 6.07) is 12.6. The van der Waals surface area contributed by atoms with Crippen LogP contribution >= 0.6 is 11.6 Å². The van der Waals surface area contributed by atoms with Gasteiger partial charge in [-0.15, -0.1) is 0 Å². The van der Waals surface area contributed by atoms with E-state index in [-0.39, 0.29) is 18.0 Å². The molecule has 2 aromatic rings. The van der Waals surface area contributed by atoms with E-state index in [0.29, 0.717) is 6.54 Å². The van der Waals surface area contributed by atoms with Crippen molar-refractivity contribution in [1.82, 2.24) is 5.32 Å². The molecule has 0 radical (unpaired) electrons. The number of rotatable bonds is 4. The fourth-order valence-electron chi connectivity index (χ4n) is 2.65. The summed E-state index contributed by atoms with van der Waals surface area (Å²) in [6.45, 7) is 2.77. The summed E-state index contributed by atoms with van der Waals surface area (Å²) < 4.78 is 19.0. The third-order valence-electron chi connectivity index (χ3n) is 3.79. The minimum absolute atomic E-state index is 0.0340. The SMILES string of the molecule is C[C@H](NCC1Cc2cc(F)ccc2O1)c1ccccc1Cl. The second-order valence-electron chi connectivity index (χ2n) is 5.35. The molecule has 0 saturated heterocycles. The van der Waals surface area contributed by atoms with Crippen LogP contribution in [0.3, 0.4) is 0 Å². The van der Waals surface area contributed by atoms with Gasteiger partial charge < -0.3 is 10.1 Å². The average molecular weight is 306 g/mol. The second-order valence-corrected chi connectivity index (χ2v) is 5.75. The first kappa shape index (κ1) is 14.4. The lowest BCUT2D eigenvalue weighted by molar-refractivity contribution is 0.222. The van der Waals surface area contributed by atoms with E-state index in [4.69, 9.17) is 16.3 Å². The number of benzene rings is 2. The summed E-state index contributed by atoms with van der Waals surface area (Å²) in [4.78, 5) is 0. The first-order chi connectivity index (χ1) is 10.1. The van der Waals surface area contributed by atoms with Crippen molar-refractivity contribution in [3.05, 3.63) is 64.4 Å². The summed E-state index contributed by atoms with van der Waals surface area (Å²) in [6.07, 6.45) is 0.765. The highest BCUT2D eigenvalue weighted by molar-refractivity contribution is 6.31. The van der Waals surface area contributed by atoms with E-state index < -0.39 is 0 Å². The molecule has 110 valence electrons. The Labute approximate surface area is 128 Å². The molecule has 3 rings (SSSR count). The Bertz CT molecular complexity index is 646. The Morgan fingerprint density at radius 3 is 2.95 bits per heavy atom. The summed E-state index contributed by atoms with van der Waals surface area (Å²) in [7, 11) is 0. The van der Waals surface area contributed by atoms with Gasteiger partial charge in [-0.25, -0.2) is 4.39 Å². The molecule has 2 nitrogen and oxygen atoms in total. The molecule has 1 unspecified atom stereocenters. The molecule has 0 saturated carbocycles. The van der Waals surface area contributed by atoms with Crippen LogP contribution in [0.2, 0.25) is 5.02 Å². The van der Waals surface area contributed by atoms with Crippen LogP contribution in [0.25, 0.3) is 0 Å². The lowest BCUT2D eigenvalue weighted by Gasteiger charge is -2.18. The Morgan fingerprint density at radius 1 is 1.33 bits per heavy atom. The van der Waals surface area contributed by atoms with Crippen molar-refractivity contribution in [3.63, 3.8) is 0 Å². The predicted molar refractivity (Wildman–Crippen MR) is 82.4 cm³/mol. The van der Waals surface area contributed by atoms with Crippen molar-refractivity contribution in [2.45, 2.75) is 25.5 Å². The number of nitrogens with one attached hydrogen (secondary N) is 1. The summed E-state index contributed by atoms with van der Waals surface area (Å²) >= 11 is 6.19. The summed E-state index contributed by atoms with van der Waals surface area (Å²) in [5, 5.41) is 4.19. The van der Waals surface area contributed by atoms with Crippen LogP contribution in [-0.4, -0.2) is 12.6 Å². The maximum Gasteiger partial charge on any atom is 0.123 e. The monoisotopic (exact) mass is 305 g/mol. The number of ether oxygens (including phenoxy) is 1. The molecule has 1 aliphatic heterocycles. The van der Waals surface area contributed by atoms with Gasteiger partial charge >= 0.3 is 0 Å². The molecule has 0 spiro atoms. The smallest absolute Gasteiger partial charge is 0.123 e. The maximum absolute atomic E-state index is 13.2. The number of halogens is 2. The second kappa shape index (κ2) is 6.04. The van der Waals surface area contributed by atoms with Crippen LogP contribution in [-0.2, 0) is 6.42 Å². The number of fused-ring (bicyclic) bond motifs is 1. The van der Waals surface area contributed by atoms with Gasteiger partial charge in [0.25, 0.3) is 0 Å². The van der Waals surface area contributed by atoms with E-state index in [9.17, 15) is 4.39 Å². The fourth-order valence-corrected chi connectivity index (χ4v) is 2.95.